The fourth-order valence-electron chi connectivity index (χ4n) is 1.68. The molecule has 108 valence electrons. The molecule has 6 heteroatoms. The van der Waals surface area contributed by atoms with Crippen LogP contribution < -0.4 is 11.5 Å². The minimum absolute atomic E-state index is 0.0727. The van der Waals surface area contributed by atoms with Gasteiger partial charge in [-0.05, 0) is 12.0 Å². The summed E-state index contributed by atoms with van der Waals surface area (Å²) in [6.07, 6.45) is 0. The van der Waals surface area contributed by atoms with Gasteiger partial charge in [-0.3, -0.25) is 9.59 Å². The maximum Gasteiger partial charge on any atom is 0.255 e. The molecule has 1 rings (SSSR count). The van der Waals surface area contributed by atoms with E-state index >= 15 is 0 Å². The van der Waals surface area contributed by atoms with Crippen molar-refractivity contribution in [3.63, 3.8) is 0 Å². The van der Waals surface area contributed by atoms with Crippen molar-refractivity contribution in [1.29, 1.82) is 0 Å². The maximum absolute atomic E-state index is 12.4. The Bertz CT molecular complexity index is 540. The van der Waals surface area contributed by atoms with Crippen LogP contribution in [0.25, 0.3) is 0 Å². The molecule has 5 nitrogen and oxygen atoms in total. The highest BCUT2D eigenvalue weighted by Crippen LogP contribution is 2.16. The molecule has 1 aromatic heterocycles. The first-order valence-corrected chi connectivity index (χ1v) is 7.17. The maximum atomic E-state index is 12.4. The molecule has 4 N–H and O–H groups in total. The summed E-state index contributed by atoms with van der Waals surface area (Å²) in [5.74, 6) is 5.16. The van der Waals surface area contributed by atoms with Crippen LogP contribution in [0.4, 0.5) is 0 Å². The Balaban J connectivity index is 2.87. The molecular weight excluding hydrogens is 274 g/mol. The zero-order valence-corrected chi connectivity index (χ0v) is 12.5. The van der Waals surface area contributed by atoms with Crippen LogP contribution in [-0.2, 0) is 4.79 Å². The van der Waals surface area contributed by atoms with E-state index in [2.05, 4.69) is 11.8 Å². The second-order valence-electron chi connectivity index (χ2n) is 4.75. The number of primary amides is 1. The first-order chi connectivity index (χ1) is 9.43. The van der Waals surface area contributed by atoms with Crippen LogP contribution >= 0.6 is 11.3 Å². The van der Waals surface area contributed by atoms with Gasteiger partial charge in [-0.15, -0.1) is 11.3 Å². The summed E-state index contributed by atoms with van der Waals surface area (Å²) >= 11 is 1.38. The second kappa shape index (κ2) is 7.68. The predicted octanol–water partition coefficient (Wildman–Crippen LogP) is 0.642. The van der Waals surface area contributed by atoms with E-state index in [0.29, 0.717) is 12.1 Å². The van der Waals surface area contributed by atoms with E-state index in [-0.39, 0.29) is 24.9 Å². The average molecular weight is 293 g/mol. The quantitative estimate of drug-likeness (QED) is 0.781. The smallest absolute Gasteiger partial charge is 0.255 e. The largest absolute Gasteiger partial charge is 0.368 e. The lowest BCUT2D eigenvalue weighted by Crippen LogP contribution is -2.40. The van der Waals surface area contributed by atoms with Crippen molar-refractivity contribution in [2.45, 2.75) is 13.8 Å². The predicted molar refractivity (Wildman–Crippen MR) is 80.2 cm³/mol. The molecule has 20 heavy (non-hydrogen) atoms. The zero-order valence-electron chi connectivity index (χ0n) is 11.7. The summed E-state index contributed by atoms with van der Waals surface area (Å²) in [4.78, 5) is 25.7. The number of thiophene rings is 1. The number of hydrogen-bond donors (Lipinski definition) is 2. The van der Waals surface area contributed by atoms with Gasteiger partial charge in [-0.1, -0.05) is 25.7 Å². The van der Waals surface area contributed by atoms with Crippen LogP contribution in [-0.4, -0.2) is 36.3 Å². The molecule has 0 radical (unpaired) electrons. The Labute approximate surface area is 122 Å². The fourth-order valence-corrected chi connectivity index (χ4v) is 2.43. The van der Waals surface area contributed by atoms with Gasteiger partial charge in [0.2, 0.25) is 5.91 Å². The van der Waals surface area contributed by atoms with E-state index in [1.165, 1.54) is 16.2 Å². The van der Waals surface area contributed by atoms with Gasteiger partial charge in [-0.25, -0.2) is 0 Å². The van der Waals surface area contributed by atoms with Crippen molar-refractivity contribution in [1.82, 2.24) is 4.90 Å². The van der Waals surface area contributed by atoms with Crippen molar-refractivity contribution < 1.29 is 9.59 Å². The van der Waals surface area contributed by atoms with Crippen LogP contribution in [0.3, 0.4) is 0 Å². The van der Waals surface area contributed by atoms with Gasteiger partial charge in [0.05, 0.1) is 23.5 Å². The molecule has 0 spiro atoms. The molecule has 1 heterocycles. The number of carbonyl (C=O) groups excluding carboxylic acids is 2. The highest BCUT2D eigenvalue weighted by molar-refractivity contribution is 7.10. The Morgan fingerprint density at radius 1 is 1.45 bits per heavy atom. The third kappa shape index (κ3) is 5.03. The molecule has 0 unspecified atom stereocenters. The lowest BCUT2D eigenvalue weighted by Gasteiger charge is -2.22. The number of nitrogens with two attached hydrogens (primary N) is 2. The minimum Gasteiger partial charge on any atom is -0.368 e. The summed E-state index contributed by atoms with van der Waals surface area (Å²) in [5.41, 5.74) is 11.0. The third-order valence-corrected chi connectivity index (χ3v) is 3.23. The van der Waals surface area contributed by atoms with Gasteiger partial charge in [0.15, 0.2) is 0 Å². The van der Waals surface area contributed by atoms with Crippen LogP contribution in [0.5, 0.6) is 0 Å². The number of rotatable bonds is 5. The normalized spacial score (nSPS) is 10.0. The summed E-state index contributed by atoms with van der Waals surface area (Å²) in [6.45, 7) is 4.65. The van der Waals surface area contributed by atoms with Crippen LogP contribution in [0.1, 0.15) is 29.1 Å². The Hall–Kier alpha value is -1.84. The molecule has 0 bridgehead atoms. The summed E-state index contributed by atoms with van der Waals surface area (Å²) in [6, 6.07) is 1.71. The first-order valence-electron chi connectivity index (χ1n) is 6.29. The summed E-state index contributed by atoms with van der Waals surface area (Å²) < 4.78 is 0. The van der Waals surface area contributed by atoms with Crippen molar-refractivity contribution in [3.8, 4) is 11.8 Å². The number of carbonyl (C=O) groups is 2. The van der Waals surface area contributed by atoms with Gasteiger partial charge in [-0.2, -0.15) is 0 Å². The molecule has 2 amide bonds. The number of hydrogen-bond acceptors (Lipinski definition) is 4. The Morgan fingerprint density at radius 2 is 2.15 bits per heavy atom. The summed E-state index contributed by atoms with van der Waals surface area (Å²) in [5, 5.41) is 1.73. The number of nitrogens with zero attached hydrogens (tertiary/aromatic N) is 1. The topological polar surface area (TPSA) is 89.4 Å². The van der Waals surface area contributed by atoms with Gasteiger partial charge in [0.1, 0.15) is 0 Å². The van der Waals surface area contributed by atoms with Crippen molar-refractivity contribution in [3.05, 3.63) is 21.9 Å². The molecule has 0 saturated heterocycles. The van der Waals surface area contributed by atoms with E-state index in [9.17, 15) is 9.59 Å². The van der Waals surface area contributed by atoms with Crippen LogP contribution in [0.15, 0.2) is 11.4 Å². The van der Waals surface area contributed by atoms with E-state index in [1.54, 1.807) is 11.4 Å². The van der Waals surface area contributed by atoms with Gasteiger partial charge >= 0.3 is 0 Å². The summed E-state index contributed by atoms with van der Waals surface area (Å²) in [7, 11) is 0. The standard InChI is InChI=1S/C14H19N3O2S/c1-10(2)7-17(8-13(16)18)14(19)11-6-12(20-9-11)4-3-5-15/h6,9-10H,5,7-8,15H2,1-2H3,(H2,16,18). The lowest BCUT2D eigenvalue weighted by molar-refractivity contribution is -0.118. The molecule has 0 fully saturated rings. The number of amides is 2. The van der Waals surface area contributed by atoms with Crippen molar-refractivity contribution in [2.24, 2.45) is 17.4 Å². The van der Waals surface area contributed by atoms with E-state index in [0.717, 1.165) is 4.88 Å². The third-order valence-electron chi connectivity index (χ3n) is 2.38. The van der Waals surface area contributed by atoms with Crippen LogP contribution in [0, 0.1) is 17.8 Å². The van der Waals surface area contributed by atoms with E-state index in [1.807, 2.05) is 13.8 Å². The second-order valence-corrected chi connectivity index (χ2v) is 5.66. The Morgan fingerprint density at radius 3 is 2.70 bits per heavy atom. The highest BCUT2D eigenvalue weighted by Gasteiger charge is 2.19. The minimum atomic E-state index is -0.516. The van der Waals surface area contributed by atoms with Crippen molar-refractivity contribution >= 4 is 23.2 Å². The molecular formula is C14H19N3O2S. The Kier molecular flexibility index (Phi) is 6.22. The molecule has 0 aliphatic rings. The van der Waals surface area contributed by atoms with Crippen LogP contribution in [0.2, 0.25) is 0 Å². The molecule has 0 aliphatic heterocycles. The van der Waals surface area contributed by atoms with E-state index in [4.69, 9.17) is 11.5 Å². The molecule has 1 aromatic rings. The molecule has 0 atom stereocenters. The van der Waals surface area contributed by atoms with Gasteiger partial charge in [0, 0.05) is 11.9 Å². The average Bonchev–Trinajstić information content (AvgIpc) is 2.82. The molecule has 0 aromatic carbocycles. The highest BCUT2D eigenvalue weighted by atomic mass is 32.1. The van der Waals surface area contributed by atoms with Crippen molar-refractivity contribution in [2.75, 3.05) is 19.6 Å². The fraction of sp³-hybridized carbons (Fsp3) is 0.429. The lowest BCUT2D eigenvalue weighted by atomic mass is 10.2. The zero-order chi connectivity index (χ0) is 15.1. The van der Waals surface area contributed by atoms with Gasteiger partial charge in [0.25, 0.3) is 5.91 Å². The van der Waals surface area contributed by atoms with Gasteiger partial charge < -0.3 is 16.4 Å². The monoisotopic (exact) mass is 293 g/mol. The first kappa shape index (κ1) is 16.2. The molecule has 0 saturated carbocycles. The SMILES string of the molecule is CC(C)CN(CC(N)=O)C(=O)c1csc(C#CCN)c1. The van der Waals surface area contributed by atoms with E-state index < -0.39 is 5.91 Å². The molecule has 0 aliphatic carbocycles.